The summed E-state index contributed by atoms with van der Waals surface area (Å²) in [6.45, 7) is 6.71. The second-order valence-electron chi connectivity index (χ2n) is 6.27. The number of methoxy groups -OCH3 is 1. The largest absolute Gasteiger partial charge is 0.497 e. The minimum Gasteiger partial charge on any atom is -0.497 e. The molecular weight excluding hydrogens is 330 g/mol. The van der Waals surface area contributed by atoms with Crippen LogP contribution in [0.4, 0.5) is 0 Å². The zero-order valence-corrected chi connectivity index (χ0v) is 15.8. The van der Waals surface area contributed by atoms with Crippen molar-refractivity contribution in [1.82, 2.24) is 5.32 Å². The van der Waals surface area contributed by atoms with E-state index >= 15 is 0 Å². The molecule has 1 atom stereocenters. The minimum absolute atomic E-state index is 0.169. The number of rotatable bonds is 9. The van der Waals surface area contributed by atoms with Crippen molar-refractivity contribution in [3.8, 4) is 17.2 Å². The van der Waals surface area contributed by atoms with Crippen molar-refractivity contribution in [1.29, 1.82) is 0 Å². The van der Waals surface area contributed by atoms with Crippen LogP contribution in [0.15, 0.2) is 48.5 Å². The van der Waals surface area contributed by atoms with Gasteiger partial charge in [-0.25, -0.2) is 0 Å². The van der Waals surface area contributed by atoms with Crippen LogP contribution in [0.5, 0.6) is 17.2 Å². The number of amides is 1. The van der Waals surface area contributed by atoms with Crippen molar-refractivity contribution < 1.29 is 19.0 Å². The molecule has 5 heteroatoms. The number of carbonyl (C=O) groups excluding carboxylic acids is 1. The summed E-state index contributed by atoms with van der Waals surface area (Å²) in [7, 11) is 1.61. The number of carbonyl (C=O) groups is 1. The van der Waals surface area contributed by atoms with Gasteiger partial charge in [0.25, 0.3) is 5.91 Å². The van der Waals surface area contributed by atoms with Gasteiger partial charge in [-0.2, -0.15) is 0 Å². The Hall–Kier alpha value is -2.69. The molecular formula is C21H27NO4. The molecule has 0 heterocycles. The quantitative estimate of drug-likeness (QED) is 0.694. The van der Waals surface area contributed by atoms with E-state index in [0.29, 0.717) is 24.8 Å². The van der Waals surface area contributed by atoms with Crippen LogP contribution in [-0.4, -0.2) is 32.3 Å². The third-order valence-corrected chi connectivity index (χ3v) is 3.93. The van der Waals surface area contributed by atoms with Crippen molar-refractivity contribution in [2.24, 2.45) is 0 Å². The van der Waals surface area contributed by atoms with Crippen LogP contribution in [0.25, 0.3) is 0 Å². The van der Waals surface area contributed by atoms with E-state index in [1.807, 2.05) is 42.5 Å². The number of benzene rings is 2. The fraction of sp³-hybridized carbons (Fsp3) is 0.381. The Kier molecular flexibility index (Phi) is 7.33. The smallest absolute Gasteiger partial charge is 0.260 e. The van der Waals surface area contributed by atoms with Gasteiger partial charge in [-0.1, -0.05) is 38.1 Å². The van der Waals surface area contributed by atoms with E-state index in [4.69, 9.17) is 14.2 Å². The molecule has 0 aliphatic carbocycles. The summed E-state index contributed by atoms with van der Waals surface area (Å²) in [5.74, 6) is 2.35. The average molecular weight is 357 g/mol. The van der Waals surface area contributed by atoms with Gasteiger partial charge in [-0.15, -0.1) is 0 Å². The lowest BCUT2D eigenvalue weighted by Gasteiger charge is -2.18. The van der Waals surface area contributed by atoms with Gasteiger partial charge in [0, 0.05) is 6.07 Å². The summed E-state index contributed by atoms with van der Waals surface area (Å²) < 4.78 is 16.6. The minimum atomic E-state index is -0.577. The molecule has 5 nitrogen and oxygen atoms in total. The lowest BCUT2D eigenvalue weighted by molar-refractivity contribution is -0.127. The van der Waals surface area contributed by atoms with Crippen LogP contribution in [0.2, 0.25) is 0 Å². The summed E-state index contributed by atoms with van der Waals surface area (Å²) in [4.78, 5) is 12.2. The average Bonchev–Trinajstić information content (AvgIpc) is 2.65. The molecule has 1 N–H and O–H groups in total. The maximum atomic E-state index is 12.2. The van der Waals surface area contributed by atoms with Crippen molar-refractivity contribution in [2.75, 3.05) is 20.3 Å². The Balaban J connectivity index is 1.79. The first-order valence-corrected chi connectivity index (χ1v) is 8.81. The highest BCUT2D eigenvalue weighted by Crippen LogP contribution is 2.26. The Morgan fingerprint density at radius 2 is 1.77 bits per heavy atom. The molecule has 0 fully saturated rings. The standard InChI is InChI=1S/C21H27NO4/c1-15(2)19-10-5-6-11-20(19)26-16(3)21(23)22-12-13-25-18-9-7-8-17(14-18)24-4/h5-11,14-16H,12-13H2,1-4H3,(H,22,23)/t16-/m0/s1. The SMILES string of the molecule is COc1cccc(OCCNC(=O)[C@H](C)Oc2ccccc2C(C)C)c1. The van der Waals surface area contributed by atoms with E-state index in [-0.39, 0.29) is 5.91 Å². The molecule has 0 radical (unpaired) electrons. The Bertz CT molecular complexity index is 715. The van der Waals surface area contributed by atoms with Crippen LogP contribution >= 0.6 is 0 Å². The first-order chi connectivity index (χ1) is 12.5. The van der Waals surface area contributed by atoms with Crippen molar-refractivity contribution in [2.45, 2.75) is 32.8 Å². The number of nitrogens with one attached hydrogen (secondary N) is 1. The summed E-state index contributed by atoms with van der Waals surface area (Å²) in [5.41, 5.74) is 1.09. The van der Waals surface area contributed by atoms with Gasteiger partial charge >= 0.3 is 0 Å². The number of hydrogen-bond donors (Lipinski definition) is 1. The second-order valence-corrected chi connectivity index (χ2v) is 6.27. The molecule has 0 saturated carbocycles. The highest BCUT2D eigenvalue weighted by atomic mass is 16.5. The molecule has 0 unspecified atom stereocenters. The molecule has 1 amide bonds. The first kappa shape index (κ1) is 19.6. The van der Waals surface area contributed by atoms with Crippen LogP contribution in [0.1, 0.15) is 32.3 Å². The summed E-state index contributed by atoms with van der Waals surface area (Å²) >= 11 is 0. The Morgan fingerprint density at radius 3 is 2.50 bits per heavy atom. The Labute approximate surface area is 155 Å². The molecule has 0 aliphatic rings. The number of hydrogen-bond acceptors (Lipinski definition) is 4. The van der Waals surface area contributed by atoms with Crippen molar-refractivity contribution in [3.05, 3.63) is 54.1 Å². The number of ether oxygens (including phenoxy) is 3. The van der Waals surface area contributed by atoms with E-state index in [0.717, 1.165) is 17.1 Å². The normalized spacial score (nSPS) is 11.7. The van der Waals surface area contributed by atoms with Gasteiger partial charge in [0.1, 0.15) is 23.9 Å². The van der Waals surface area contributed by atoms with Crippen LogP contribution in [-0.2, 0) is 4.79 Å². The molecule has 26 heavy (non-hydrogen) atoms. The molecule has 140 valence electrons. The third-order valence-electron chi connectivity index (χ3n) is 3.93. The van der Waals surface area contributed by atoms with Crippen molar-refractivity contribution in [3.63, 3.8) is 0 Å². The maximum Gasteiger partial charge on any atom is 0.260 e. The first-order valence-electron chi connectivity index (χ1n) is 8.81. The summed E-state index contributed by atoms with van der Waals surface area (Å²) in [5, 5.41) is 2.83. The Morgan fingerprint density at radius 1 is 1.04 bits per heavy atom. The van der Waals surface area contributed by atoms with E-state index in [2.05, 4.69) is 19.2 Å². The van der Waals surface area contributed by atoms with Crippen molar-refractivity contribution >= 4 is 5.91 Å². The highest BCUT2D eigenvalue weighted by Gasteiger charge is 2.16. The zero-order valence-electron chi connectivity index (χ0n) is 15.8. The molecule has 0 aromatic heterocycles. The summed E-state index contributed by atoms with van der Waals surface area (Å²) in [6.07, 6.45) is -0.577. The van der Waals surface area contributed by atoms with Crippen LogP contribution < -0.4 is 19.5 Å². The molecule has 2 aromatic carbocycles. The highest BCUT2D eigenvalue weighted by molar-refractivity contribution is 5.80. The molecule has 0 bridgehead atoms. The van der Waals surface area contributed by atoms with Crippen LogP contribution in [0.3, 0.4) is 0 Å². The second kappa shape index (κ2) is 9.70. The van der Waals surface area contributed by atoms with Gasteiger partial charge in [-0.3, -0.25) is 4.79 Å². The van der Waals surface area contributed by atoms with Gasteiger partial charge < -0.3 is 19.5 Å². The van der Waals surface area contributed by atoms with Crippen LogP contribution in [0, 0.1) is 0 Å². The fourth-order valence-corrected chi connectivity index (χ4v) is 2.49. The molecule has 0 saturated heterocycles. The topological polar surface area (TPSA) is 56.8 Å². The molecule has 0 aliphatic heterocycles. The predicted molar refractivity (Wildman–Crippen MR) is 102 cm³/mol. The van der Waals surface area contributed by atoms with Gasteiger partial charge in [0.15, 0.2) is 6.10 Å². The lowest BCUT2D eigenvalue weighted by atomic mass is 10.0. The maximum absolute atomic E-state index is 12.2. The van der Waals surface area contributed by atoms with E-state index in [1.54, 1.807) is 20.1 Å². The van der Waals surface area contributed by atoms with E-state index in [9.17, 15) is 4.79 Å². The monoisotopic (exact) mass is 357 g/mol. The van der Waals surface area contributed by atoms with Gasteiger partial charge in [0.05, 0.1) is 13.7 Å². The summed E-state index contributed by atoms with van der Waals surface area (Å²) in [6, 6.07) is 15.2. The van der Waals surface area contributed by atoms with Gasteiger partial charge in [0.2, 0.25) is 0 Å². The molecule has 2 rings (SSSR count). The number of para-hydroxylation sites is 1. The zero-order chi connectivity index (χ0) is 18.9. The molecule has 0 spiro atoms. The third kappa shape index (κ3) is 5.69. The predicted octanol–water partition coefficient (Wildman–Crippen LogP) is 3.78. The van der Waals surface area contributed by atoms with E-state index in [1.165, 1.54) is 0 Å². The fourth-order valence-electron chi connectivity index (χ4n) is 2.49. The lowest BCUT2D eigenvalue weighted by Crippen LogP contribution is -2.38. The van der Waals surface area contributed by atoms with E-state index < -0.39 is 6.10 Å². The van der Waals surface area contributed by atoms with Gasteiger partial charge in [-0.05, 0) is 36.6 Å². The molecule has 2 aromatic rings.